The zero-order valence-electron chi connectivity index (χ0n) is 25.7. The zero-order chi connectivity index (χ0) is 30.8. The van der Waals surface area contributed by atoms with Gasteiger partial charge in [-0.3, -0.25) is 0 Å². The summed E-state index contributed by atoms with van der Waals surface area (Å²) < 4.78 is 56.4. The van der Waals surface area contributed by atoms with Crippen LogP contribution in [0.1, 0.15) is 47.5 Å². The number of ether oxygens (including phenoxy) is 4. The summed E-state index contributed by atoms with van der Waals surface area (Å²) in [6.07, 6.45) is 0.390. The summed E-state index contributed by atoms with van der Waals surface area (Å²) in [6.45, 7) is 10.5. The zero-order valence-corrected chi connectivity index (χ0v) is 27.4. The summed E-state index contributed by atoms with van der Waals surface area (Å²) in [7, 11) is -2.75. The minimum absolute atomic E-state index is 0.0752. The molecule has 0 spiro atoms. The van der Waals surface area contributed by atoms with E-state index in [4.69, 9.17) is 22.6 Å². The first-order chi connectivity index (χ1) is 20.0. The Labute approximate surface area is 253 Å². The first-order valence-electron chi connectivity index (χ1n) is 14.4. The smallest absolute Gasteiger partial charge is 0.277 e. The molecule has 0 heterocycles. The van der Waals surface area contributed by atoms with Crippen LogP contribution in [-0.2, 0) is 23.2 Å². The molecule has 0 radical (unpaired) electrons. The van der Waals surface area contributed by atoms with Gasteiger partial charge in [0.15, 0.2) is 12.6 Å². The summed E-state index contributed by atoms with van der Waals surface area (Å²) in [5, 5.41) is 0. The van der Waals surface area contributed by atoms with E-state index in [2.05, 4.69) is 0 Å². The van der Waals surface area contributed by atoms with Gasteiger partial charge in [-0.05, 0) is 117 Å². The molecule has 3 rings (SSSR count). The van der Waals surface area contributed by atoms with Gasteiger partial charge in [-0.15, -0.1) is 0 Å². The lowest BCUT2D eigenvalue weighted by Gasteiger charge is -2.39. The Kier molecular flexibility index (Phi) is 12.6. The molecular weight excluding hydrogens is 574 g/mol. The van der Waals surface area contributed by atoms with Gasteiger partial charge in [0, 0.05) is 47.7 Å². The second kappa shape index (κ2) is 15.6. The van der Waals surface area contributed by atoms with Crippen LogP contribution >= 0.6 is 10.3 Å². The molecule has 0 aliphatic carbocycles. The van der Waals surface area contributed by atoms with Crippen molar-refractivity contribution in [2.75, 3.05) is 38.0 Å². The molecule has 10 heteroatoms. The Morgan fingerprint density at radius 3 is 1.43 bits per heavy atom. The molecule has 0 aliphatic rings. The molecule has 42 heavy (non-hydrogen) atoms. The molecule has 0 aliphatic heterocycles. The molecule has 0 saturated heterocycles. The highest BCUT2D eigenvalue weighted by atomic mass is 32.3. The van der Waals surface area contributed by atoms with E-state index in [0.717, 1.165) is 17.0 Å². The molecule has 0 bridgehead atoms. The first-order valence-corrected chi connectivity index (χ1v) is 17.5. The van der Waals surface area contributed by atoms with Crippen molar-refractivity contribution in [3.8, 4) is 11.5 Å². The number of anilines is 1. The summed E-state index contributed by atoms with van der Waals surface area (Å²) in [5.41, 5.74) is 0.989. The lowest BCUT2D eigenvalue weighted by atomic mass is 10.3. The van der Waals surface area contributed by atoms with Crippen molar-refractivity contribution in [3.05, 3.63) is 72.8 Å². The standard InChI is InChI=1S/C32H45NO7S2/c1-8-11-24-41(34,35)40-42(30-18-12-27(13-19-30)33(6)7,31-20-14-28(15-21-31)38-25(4)36-9-2)32-22-16-29(17-23-32)39-26(5)37-10-3/h12-23,25-26H,8-11,24H2,1-7H3. The third kappa shape index (κ3) is 8.87. The van der Waals surface area contributed by atoms with Crippen molar-refractivity contribution >= 4 is 26.1 Å². The highest BCUT2D eigenvalue weighted by Gasteiger charge is 2.38. The quantitative estimate of drug-likeness (QED) is 0.143. The molecule has 0 saturated carbocycles. The van der Waals surface area contributed by atoms with E-state index >= 15 is 0 Å². The van der Waals surface area contributed by atoms with Gasteiger partial charge in [-0.1, -0.05) is 13.3 Å². The Morgan fingerprint density at radius 1 is 0.667 bits per heavy atom. The topological polar surface area (TPSA) is 83.5 Å². The van der Waals surface area contributed by atoms with Gasteiger partial charge in [-0.25, -0.2) is 3.63 Å². The van der Waals surface area contributed by atoms with E-state index in [1.165, 1.54) is 0 Å². The summed E-state index contributed by atoms with van der Waals surface area (Å²) in [4.78, 5) is 4.18. The maximum atomic E-state index is 13.6. The maximum absolute atomic E-state index is 13.6. The fourth-order valence-corrected chi connectivity index (χ4v) is 9.79. The molecule has 3 aromatic carbocycles. The minimum atomic E-state index is -3.92. The normalized spacial score (nSPS) is 15.3. The highest BCUT2D eigenvalue weighted by molar-refractivity contribution is 8.33. The lowest BCUT2D eigenvalue weighted by molar-refractivity contribution is -0.0616. The molecule has 0 N–H and O–H groups in total. The van der Waals surface area contributed by atoms with Gasteiger partial charge >= 0.3 is 0 Å². The molecule has 8 nitrogen and oxygen atoms in total. The Morgan fingerprint density at radius 2 is 1.07 bits per heavy atom. The number of benzene rings is 3. The fraction of sp³-hybridized carbons (Fsp3) is 0.438. The summed E-state index contributed by atoms with van der Waals surface area (Å²) >= 11 is 0. The average Bonchev–Trinajstić information content (AvgIpc) is 2.96. The van der Waals surface area contributed by atoms with Gasteiger partial charge in [0.05, 0.1) is 5.75 Å². The van der Waals surface area contributed by atoms with Crippen LogP contribution in [0, 0.1) is 0 Å². The van der Waals surface area contributed by atoms with Gasteiger partial charge in [0.2, 0.25) is 0 Å². The van der Waals surface area contributed by atoms with Crippen LogP contribution in [0.25, 0.3) is 0 Å². The van der Waals surface area contributed by atoms with Crippen molar-refractivity contribution in [1.29, 1.82) is 0 Å². The molecule has 0 amide bonds. The molecular formula is C32H45NO7S2. The van der Waals surface area contributed by atoms with Crippen LogP contribution in [0.4, 0.5) is 5.69 Å². The Bertz CT molecular complexity index is 1270. The van der Waals surface area contributed by atoms with Gasteiger partial charge in [-0.2, -0.15) is 8.42 Å². The highest BCUT2D eigenvalue weighted by Crippen LogP contribution is 2.70. The van der Waals surface area contributed by atoms with Crippen LogP contribution in [0.3, 0.4) is 0 Å². The predicted molar refractivity (Wildman–Crippen MR) is 169 cm³/mol. The molecule has 232 valence electrons. The third-order valence-corrected chi connectivity index (χ3v) is 11.6. The second-order valence-corrected chi connectivity index (χ2v) is 14.4. The first kappa shape index (κ1) is 33.7. The second-order valence-electron chi connectivity index (χ2n) is 9.85. The van der Waals surface area contributed by atoms with Crippen molar-refractivity contribution in [3.63, 3.8) is 0 Å². The van der Waals surface area contributed by atoms with E-state index in [9.17, 15) is 8.42 Å². The molecule has 0 aromatic heterocycles. The van der Waals surface area contributed by atoms with Crippen molar-refractivity contribution in [2.24, 2.45) is 0 Å². The van der Waals surface area contributed by atoms with Crippen LogP contribution in [-0.4, -0.2) is 54.1 Å². The average molecular weight is 620 g/mol. The predicted octanol–water partition coefficient (Wildman–Crippen LogP) is 7.62. The molecule has 3 aromatic rings. The number of unbranched alkanes of at least 4 members (excludes halogenated alkanes) is 1. The minimum Gasteiger partial charge on any atom is -0.465 e. The third-order valence-electron chi connectivity index (χ3n) is 6.36. The largest absolute Gasteiger partial charge is 0.465 e. The van der Waals surface area contributed by atoms with Crippen LogP contribution in [0.2, 0.25) is 0 Å². The van der Waals surface area contributed by atoms with Crippen LogP contribution in [0.5, 0.6) is 11.5 Å². The van der Waals surface area contributed by atoms with E-state index in [0.29, 0.717) is 40.9 Å². The fourth-order valence-electron chi connectivity index (χ4n) is 4.31. The van der Waals surface area contributed by atoms with Crippen LogP contribution < -0.4 is 14.4 Å². The summed E-state index contributed by atoms with van der Waals surface area (Å²) in [6, 6.07) is 22.6. The van der Waals surface area contributed by atoms with Gasteiger partial charge in [0.25, 0.3) is 10.1 Å². The van der Waals surface area contributed by atoms with Gasteiger partial charge in [0.1, 0.15) is 11.5 Å². The van der Waals surface area contributed by atoms with Crippen molar-refractivity contribution < 1.29 is 31.0 Å². The van der Waals surface area contributed by atoms with Crippen LogP contribution in [0.15, 0.2) is 87.5 Å². The Hall–Kier alpha value is -2.76. The van der Waals surface area contributed by atoms with Gasteiger partial charge < -0.3 is 23.8 Å². The maximum Gasteiger partial charge on any atom is 0.277 e. The molecule has 2 atom stereocenters. The van der Waals surface area contributed by atoms with E-state index in [1.54, 1.807) is 0 Å². The lowest BCUT2D eigenvalue weighted by Crippen LogP contribution is -2.18. The molecule has 2 unspecified atom stereocenters. The molecule has 0 fully saturated rings. The Balaban J connectivity index is 2.21. The van der Waals surface area contributed by atoms with E-state index in [-0.39, 0.29) is 5.75 Å². The van der Waals surface area contributed by atoms with Crippen molar-refractivity contribution in [1.82, 2.24) is 0 Å². The monoisotopic (exact) mass is 619 g/mol. The number of hydrogen-bond donors (Lipinski definition) is 0. The summed E-state index contributed by atoms with van der Waals surface area (Å²) in [5.74, 6) is 1.14. The van der Waals surface area contributed by atoms with E-state index < -0.39 is 33.0 Å². The number of nitrogens with zero attached hydrogens (tertiary/aromatic N) is 1. The van der Waals surface area contributed by atoms with Crippen molar-refractivity contribution in [2.45, 2.75) is 74.7 Å². The number of hydrogen-bond acceptors (Lipinski definition) is 8. The number of rotatable bonds is 17. The SMILES string of the molecule is CCCCS(=O)(=O)OS(c1ccc(OC(C)OCC)cc1)(c1ccc(OC(C)OCC)cc1)c1ccc(N(C)C)cc1. The van der Waals surface area contributed by atoms with E-state index in [1.807, 2.05) is 126 Å².